The van der Waals surface area contributed by atoms with Crippen LogP contribution in [-0.2, 0) is 11.2 Å². The molecule has 0 aliphatic rings. The average molecular weight is 260 g/mol. The van der Waals surface area contributed by atoms with Crippen molar-refractivity contribution in [1.82, 2.24) is 5.32 Å². The number of aromatic carboxylic acids is 1. The minimum absolute atomic E-state index is 0.178. The number of amides is 1. The van der Waals surface area contributed by atoms with Gasteiger partial charge in [-0.3, -0.25) is 4.79 Å². The molecule has 0 aromatic heterocycles. The fourth-order valence-electron chi connectivity index (χ4n) is 1.62. The van der Waals surface area contributed by atoms with Crippen LogP contribution in [0.1, 0.15) is 22.3 Å². The van der Waals surface area contributed by atoms with Gasteiger partial charge in [-0.15, -0.1) is 12.3 Å². The number of terminal acetylenes is 1. The molecule has 0 aliphatic carbocycles. The Morgan fingerprint density at radius 3 is 2.74 bits per heavy atom. The minimum Gasteiger partial charge on any atom is -0.478 e. The van der Waals surface area contributed by atoms with E-state index in [9.17, 15) is 9.59 Å². The highest BCUT2D eigenvalue weighted by Crippen LogP contribution is 2.08. The quantitative estimate of drug-likeness (QED) is 0.645. The average Bonchev–Trinajstić information content (AvgIpc) is 2.39. The van der Waals surface area contributed by atoms with Crippen LogP contribution < -0.4 is 11.1 Å². The van der Waals surface area contributed by atoms with Gasteiger partial charge in [0.05, 0.1) is 11.6 Å². The molecule has 19 heavy (non-hydrogen) atoms. The van der Waals surface area contributed by atoms with E-state index in [1.54, 1.807) is 18.2 Å². The highest BCUT2D eigenvalue weighted by atomic mass is 16.4. The number of benzene rings is 1. The first kappa shape index (κ1) is 14.7. The third-order valence-corrected chi connectivity index (χ3v) is 2.62. The molecular weight excluding hydrogens is 244 g/mol. The fourth-order valence-corrected chi connectivity index (χ4v) is 1.62. The number of carbonyl (C=O) groups excluding carboxylic acids is 1. The molecule has 4 N–H and O–H groups in total. The lowest BCUT2D eigenvalue weighted by molar-refractivity contribution is -0.122. The van der Waals surface area contributed by atoms with Gasteiger partial charge in [-0.05, 0) is 18.1 Å². The number of hydrogen-bond donors (Lipinski definition) is 3. The molecule has 0 saturated carbocycles. The van der Waals surface area contributed by atoms with E-state index in [1.165, 1.54) is 6.07 Å². The molecule has 0 fully saturated rings. The maximum atomic E-state index is 11.5. The monoisotopic (exact) mass is 260 g/mol. The molecule has 5 heteroatoms. The van der Waals surface area contributed by atoms with Crippen LogP contribution in [0.5, 0.6) is 0 Å². The summed E-state index contributed by atoms with van der Waals surface area (Å²) in [5, 5.41) is 11.6. The largest absolute Gasteiger partial charge is 0.478 e. The number of hydrogen-bond acceptors (Lipinski definition) is 3. The van der Waals surface area contributed by atoms with Crippen LogP contribution in [0.25, 0.3) is 0 Å². The van der Waals surface area contributed by atoms with E-state index in [-0.39, 0.29) is 17.9 Å². The predicted molar refractivity (Wildman–Crippen MR) is 71.5 cm³/mol. The summed E-state index contributed by atoms with van der Waals surface area (Å²) < 4.78 is 0. The van der Waals surface area contributed by atoms with Gasteiger partial charge in [-0.1, -0.05) is 18.2 Å². The maximum absolute atomic E-state index is 11.5. The van der Waals surface area contributed by atoms with E-state index in [4.69, 9.17) is 17.3 Å². The summed E-state index contributed by atoms with van der Waals surface area (Å²) in [6.45, 7) is 0.321. The van der Waals surface area contributed by atoms with Crippen LogP contribution in [0.2, 0.25) is 0 Å². The molecule has 100 valence electrons. The number of rotatable bonds is 6. The van der Waals surface area contributed by atoms with Gasteiger partial charge in [0.1, 0.15) is 0 Å². The molecule has 1 atom stereocenters. The molecule has 1 aromatic rings. The second-order valence-corrected chi connectivity index (χ2v) is 4.02. The van der Waals surface area contributed by atoms with E-state index < -0.39 is 12.0 Å². The van der Waals surface area contributed by atoms with Crippen molar-refractivity contribution in [2.45, 2.75) is 18.9 Å². The highest BCUT2D eigenvalue weighted by Gasteiger charge is 2.12. The van der Waals surface area contributed by atoms with Gasteiger partial charge in [-0.25, -0.2) is 4.79 Å². The number of nitrogens with two attached hydrogens (primary N) is 1. The molecule has 0 bridgehead atoms. The number of nitrogens with one attached hydrogen (secondary N) is 1. The molecule has 1 unspecified atom stereocenters. The summed E-state index contributed by atoms with van der Waals surface area (Å²) in [5.74, 6) is 1.01. The zero-order valence-electron chi connectivity index (χ0n) is 10.4. The Balaban J connectivity index is 2.52. The smallest absolute Gasteiger partial charge is 0.335 e. The van der Waals surface area contributed by atoms with Crippen molar-refractivity contribution in [2.24, 2.45) is 5.73 Å². The summed E-state index contributed by atoms with van der Waals surface area (Å²) >= 11 is 0. The summed E-state index contributed by atoms with van der Waals surface area (Å²) in [7, 11) is 0. The van der Waals surface area contributed by atoms with Crippen molar-refractivity contribution in [3.63, 3.8) is 0 Å². The SMILES string of the molecule is C#CCC(N)C(=O)NCCc1ccccc1C(=O)O. The van der Waals surface area contributed by atoms with E-state index >= 15 is 0 Å². The molecule has 1 rings (SSSR count). The third-order valence-electron chi connectivity index (χ3n) is 2.62. The van der Waals surface area contributed by atoms with Crippen molar-refractivity contribution in [3.8, 4) is 12.3 Å². The lowest BCUT2D eigenvalue weighted by Gasteiger charge is -2.10. The standard InChI is InChI=1S/C14H16N2O3/c1-2-5-12(15)13(17)16-9-8-10-6-3-4-7-11(10)14(18)19/h1,3-4,6-7,12H,5,8-9,15H2,(H,16,17)(H,18,19). The maximum Gasteiger partial charge on any atom is 0.335 e. The van der Waals surface area contributed by atoms with Crippen molar-refractivity contribution in [3.05, 3.63) is 35.4 Å². The van der Waals surface area contributed by atoms with Gasteiger partial charge in [0.25, 0.3) is 0 Å². The minimum atomic E-state index is -0.981. The summed E-state index contributed by atoms with van der Waals surface area (Å²) in [6, 6.07) is 5.95. The van der Waals surface area contributed by atoms with E-state index in [0.717, 1.165) is 0 Å². The first-order chi connectivity index (χ1) is 9.06. The number of carbonyl (C=O) groups is 2. The first-order valence-electron chi connectivity index (χ1n) is 5.84. The summed E-state index contributed by atoms with van der Waals surface area (Å²) in [5.41, 5.74) is 6.44. The highest BCUT2D eigenvalue weighted by molar-refractivity contribution is 5.89. The van der Waals surface area contributed by atoms with Gasteiger partial charge >= 0.3 is 5.97 Å². The molecule has 5 nitrogen and oxygen atoms in total. The second-order valence-electron chi connectivity index (χ2n) is 4.02. The lowest BCUT2D eigenvalue weighted by Crippen LogP contribution is -2.41. The topological polar surface area (TPSA) is 92.4 Å². The van der Waals surface area contributed by atoms with Crippen molar-refractivity contribution in [2.75, 3.05) is 6.54 Å². The van der Waals surface area contributed by atoms with E-state index in [2.05, 4.69) is 11.2 Å². The molecule has 1 amide bonds. The van der Waals surface area contributed by atoms with Crippen LogP contribution in [0.15, 0.2) is 24.3 Å². The van der Waals surface area contributed by atoms with Gasteiger partial charge in [0.15, 0.2) is 0 Å². The zero-order valence-corrected chi connectivity index (χ0v) is 10.4. The number of carboxylic acid groups (broad SMARTS) is 1. The van der Waals surface area contributed by atoms with Crippen LogP contribution in [0, 0.1) is 12.3 Å². The lowest BCUT2D eigenvalue weighted by atomic mass is 10.0. The second kappa shape index (κ2) is 7.19. The van der Waals surface area contributed by atoms with E-state index in [0.29, 0.717) is 18.5 Å². The Morgan fingerprint density at radius 2 is 2.11 bits per heavy atom. The van der Waals surface area contributed by atoms with Gasteiger partial charge in [0, 0.05) is 13.0 Å². The summed E-state index contributed by atoms with van der Waals surface area (Å²) in [4.78, 5) is 22.5. The van der Waals surface area contributed by atoms with Crippen molar-refractivity contribution in [1.29, 1.82) is 0 Å². The van der Waals surface area contributed by atoms with Crippen LogP contribution in [0.3, 0.4) is 0 Å². The number of carboxylic acids is 1. The Labute approximate surface area is 111 Å². The molecule has 0 saturated heterocycles. The Morgan fingerprint density at radius 1 is 1.42 bits per heavy atom. The Hall–Kier alpha value is -2.32. The van der Waals surface area contributed by atoms with Gasteiger partial charge in [0.2, 0.25) is 5.91 Å². The molecule has 0 heterocycles. The molecule has 0 aliphatic heterocycles. The molecule has 1 aromatic carbocycles. The first-order valence-corrected chi connectivity index (χ1v) is 5.84. The van der Waals surface area contributed by atoms with Crippen molar-refractivity contribution < 1.29 is 14.7 Å². The molecule has 0 spiro atoms. The molecule has 0 radical (unpaired) electrons. The zero-order chi connectivity index (χ0) is 14.3. The Kier molecular flexibility index (Phi) is 5.58. The summed E-state index contributed by atoms with van der Waals surface area (Å²) in [6.07, 6.45) is 5.67. The van der Waals surface area contributed by atoms with Crippen LogP contribution in [0.4, 0.5) is 0 Å². The van der Waals surface area contributed by atoms with Gasteiger partial charge < -0.3 is 16.2 Å². The van der Waals surface area contributed by atoms with Crippen LogP contribution >= 0.6 is 0 Å². The fraction of sp³-hybridized carbons (Fsp3) is 0.286. The van der Waals surface area contributed by atoms with E-state index in [1.807, 2.05) is 0 Å². The molecular formula is C14H16N2O3. The van der Waals surface area contributed by atoms with Crippen molar-refractivity contribution >= 4 is 11.9 Å². The van der Waals surface area contributed by atoms with Crippen LogP contribution in [-0.4, -0.2) is 29.6 Å². The third kappa shape index (κ3) is 4.45. The van der Waals surface area contributed by atoms with Gasteiger partial charge in [-0.2, -0.15) is 0 Å². The Bertz CT molecular complexity index is 506. The predicted octanol–water partition coefficient (Wildman–Crippen LogP) is 0.394. The normalized spacial score (nSPS) is 11.4.